The zero-order valence-electron chi connectivity index (χ0n) is 21.9. The van der Waals surface area contributed by atoms with E-state index in [1.165, 1.54) is 4.31 Å². The molecule has 0 aliphatic heterocycles. The summed E-state index contributed by atoms with van der Waals surface area (Å²) in [6.45, 7) is 2.21. The molecule has 1 atom stereocenters. The van der Waals surface area contributed by atoms with Gasteiger partial charge in [0.2, 0.25) is 21.8 Å². The number of carbonyl (C=O) groups is 2. The Kier molecular flexibility index (Phi) is 10.3. The van der Waals surface area contributed by atoms with Crippen molar-refractivity contribution in [2.75, 3.05) is 24.2 Å². The highest BCUT2D eigenvalue weighted by Crippen LogP contribution is 2.23. The maximum atomic E-state index is 13.7. The van der Waals surface area contributed by atoms with Crippen molar-refractivity contribution in [2.24, 2.45) is 0 Å². The predicted octanol–water partition coefficient (Wildman–Crippen LogP) is 4.58. The fourth-order valence-electron chi connectivity index (χ4n) is 4.33. The molecule has 0 saturated heterocycles. The van der Waals surface area contributed by atoms with Crippen LogP contribution in [-0.2, 0) is 32.6 Å². The zero-order valence-corrected chi connectivity index (χ0v) is 23.5. The van der Waals surface area contributed by atoms with Crippen LogP contribution < -0.4 is 9.62 Å². The summed E-state index contributed by atoms with van der Waals surface area (Å²) in [4.78, 5) is 28.3. The van der Waals surface area contributed by atoms with Gasteiger partial charge in [0.1, 0.15) is 6.04 Å². The summed E-state index contributed by atoms with van der Waals surface area (Å²) in [6, 6.07) is 23.2. The number of hydrogen-bond donors (Lipinski definition) is 1. The minimum Gasteiger partial charge on any atom is -0.357 e. The lowest BCUT2D eigenvalue weighted by Crippen LogP contribution is -2.49. The summed E-state index contributed by atoms with van der Waals surface area (Å²) >= 11 is 6.05. The van der Waals surface area contributed by atoms with Crippen molar-refractivity contribution in [2.45, 2.75) is 38.8 Å². The lowest BCUT2D eigenvalue weighted by atomic mass is 10.0. The van der Waals surface area contributed by atoms with Gasteiger partial charge >= 0.3 is 0 Å². The first-order valence-corrected chi connectivity index (χ1v) is 14.7. The van der Waals surface area contributed by atoms with E-state index in [2.05, 4.69) is 5.32 Å². The van der Waals surface area contributed by atoms with Crippen LogP contribution in [0.25, 0.3) is 0 Å². The third-order valence-corrected chi connectivity index (χ3v) is 7.75. The Morgan fingerprint density at radius 3 is 2.16 bits per heavy atom. The van der Waals surface area contributed by atoms with Crippen LogP contribution in [0.5, 0.6) is 0 Å². The highest BCUT2D eigenvalue weighted by molar-refractivity contribution is 7.92. The largest absolute Gasteiger partial charge is 0.357 e. The quantitative estimate of drug-likeness (QED) is 0.354. The van der Waals surface area contributed by atoms with Crippen LogP contribution in [0.4, 0.5) is 5.69 Å². The van der Waals surface area contributed by atoms with Gasteiger partial charge in [-0.15, -0.1) is 0 Å². The Morgan fingerprint density at radius 1 is 0.921 bits per heavy atom. The number of anilines is 1. The number of likely N-dealkylation sites (N-methyl/N-ethyl adjacent to an activating group) is 1. The predicted molar refractivity (Wildman–Crippen MR) is 153 cm³/mol. The molecule has 3 aromatic rings. The number of rotatable bonds is 12. The number of hydrogen-bond acceptors (Lipinski definition) is 4. The maximum absolute atomic E-state index is 13.7. The Hall–Kier alpha value is -3.36. The molecule has 0 radical (unpaired) electrons. The molecule has 38 heavy (non-hydrogen) atoms. The smallest absolute Gasteiger partial charge is 0.242 e. The summed E-state index contributed by atoms with van der Waals surface area (Å²) in [7, 11) is -2.00. The average molecular weight is 556 g/mol. The van der Waals surface area contributed by atoms with E-state index in [-0.39, 0.29) is 31.3 Å². The highest BCUT2D eigenvalue weighted by atomic mass is 35.5. The number of nitrogens with one attached hydrogen (secondary N) is 1. The van der Waals surface area contributed by atoms with E-state index in [4.69, 9.17) is 11.6 Å². The Bertz CT molecular complexity index is 1330. The number of benzene rings is 3. The molecule has 0 unspecified atom stereocenters. The number of carbonyl (C=O) groups excluding carboxylic acids is 2. The lowest BCUT2D eigenvalue weighted by Gasteiger charge is -2.31. The first-order chi connectivity index (χ1) is 18.1. The zero-order chi connectivity index (χ0) is 27.7. The third kappa shape index (κ3) is 8.07. The minimum atomic E-state index is -3.55. The fraction of sp³-hybridized carbons (Fsp3) is 0.310. The first-order valence-electron chi connectivity index (χ1n) is 12.4. The van der Waals surface area contributed by atoms with Gasteiger partial charge in [-0.1, -0.05) is 72.3 Å². The van der Waals surface area contributed by atoms with E-state index >= 15 is 0 Å². The van der Waals surface area contributed by atoms with E-state index in [9.17, 15) is 18.0 Å². The van der Waals surface area contributed by atoms with E-state index in [0.717, 1.165) is 22.9 Å². The molecule has 0 spiro atoms. The molecular formula is C29H34ClN3O4S. The Morgan fingerprint density at radius 2 is 1.55 bits per heavy atom. The number of aryl methyl sites for hydroxylation is 1. The SMILES string of the molecule is CNC(=O)[C@H](Cc1ccccc1)N(Cc1ccc(Cl)cc1)C(=O)CCCN(c1ccccc1C)S(C)(=O)=O. The second-order valence-electron chi connectivity index (χ2n) is 9.19. The summed E-state index contributed by atoms with van der Waals surface area (Å²) in [5.74, 6) is -0.503. The van der Waals surface area contributed by atoms with Crippen LogP contribution in [0.15, 0.2) is 78.9 Å². The molecule has 9 heteroatoms. The van der Waals surface area contributed by atoms with E-state index in [1.54, 1.807) is 36.2 Å². The van der Waals surface area contributed by atoms with Crippen molar-refractivity contribution in [3.05, 3.63) is 101 Å². The number of para-hydroxylation sites is 1. The fourth-order valence-corrected chi connectivity index (χ4v) is 5.48. The number of nitrogens with zero attached hydrogens (tertiary/aromatic N) is 2. The maximum Gasteiger partial charge on any atom is 0.242 e. The van der Waals surface area contributed by atoms with Gasteiger partial charge in [-0.3, -0.25) is 13.9 Å². The van der Waals surface area contributed by atoms with Crippen LogP contribution in [-0.4, -0.2) is 51.0 Å². The molecule has 2 amide bonds. The Labute approximate surface area is 230 Å². The van der Waals surface area contributed by atoms with Gasteiger partial charge in [-0.05, 0) is 48.2 Å². The molecule has 0 aliphatic rings. The van der Waals surface area contributed by atoms with Crippen LogP contribution in [0.2, 0.25) is 5.02 Å². The molecule has 0 saturated carbocycles. The normalized spacial score (nSPS) is 12.0. The highest BCUT2D eigenvalue weighted by Gasteiger charge is 2.30. The van der Waals surface area contributed by atoms with Gasteiger partial charge < -0.3 is 10.2 Å². The third-order valence-electron chi connectivity index (χ3n) is 6.32. The molecule has 0 heterocycles. The van der Waals surface area contributed by atoms with Crippen molar-refractivity contribution in [1.29, 1.82) is 0 Å². The molecule has 1 N–H and O–H groups in total. The van der Waals surface area contributed by atoms with Crippen molar-refractivity contribution in [1.82, 2.24) is 10.2 Å². The van der Waals surface area contributed by atoms with Crippen molar-refractivity contribution < 1.29 is 18.0 Å². The van der Waals surface area contributed by atoms with Gasteiger partial charge in [0.25, 0.3) is 0 Å². The van der Waals surface area contributed by atoms with Crippen molar-refractivity contribution in [3.8, 4) is 0 Å². The number of sulfonamides is 1. The lowest BCUT2D eigenvalue weighted by molar-refractivity contribution is -0.141. The monoisotopic (exact) mass is 555 g/mol. The van der Waals surface area contributed by atoms with E-state index in [0.29, 0.717) is 23.6 Å². The molecule has 3 aromatic carbocycles. The van der Waals surface area contributed by atoms with Gasteiger partial charge in [-0.25, -0.2) is 8.42 Å². The second kappa shape index (κ2) is 13.4. The van der Waals surface area contributed by atoms with Crippen LogP contribution in [0, 0.1) is 6.92 Å². The molecule has 0 aliphatic carbocycles. The average Bonchev–Trinajstić information content (AvgIpc) is 2.89. The van der Waals surface area contributed by atoms with Crippen molar-refractivity contribution in [3.63, 3.8) is 0 Å². The molecule has 202 valence electrons. The first kappa shape index (κ1) is 29.2. The second-order valence-corrected chi connectivity index (χ2v) is 11.5. The van der Waals surface area contributed by atoms with Gasteiger partial charge in [0.05, 0.1) is 11.9 Å². The van der Waals surface area contributed by atoms with Crippen LogP contribution in [0.3, 0.4) is 0 Å². The van der Waals surface area contributed by atoms with Crippen LogP contribution >= 0.6 is 11.6 Å². The molecular weight excluding hydrogens is 522 g/mol. The Balaban J connectivity index is 1.84. The minimum absolute atomic E-state index is 0.0772. The molecule has 0 aromatic heterocycles. The molecule has 0 bridgehead atoms. The topological polar surface area (TPSA) is 86.8 Å². The van der Waals surface area contributed by atoms with Crippen molar-refractivity contribution >= 4 is 39.1 Å². The summed E-state index contributed by atoms with van der Waals surface area (Å²) in [6.07, 6.45) is 1.88. The van der Waals surface area contributed by atoms with Gasteiger partial charge in [-0.2, -0.15) is 0 Å². The summed E-state index contributed by atoms with van der Waals surface area (Å²) < 4.78 is 26.5. The van der Waals surface area contributed by atoms with Crippen LogP contribution in [0.1, 0.15) is 29.5 Å². The van der Waals surface area contributed by atoms with Gasteiger partial charge in [0.15, 0.2) is 0 Å². The van der Waals surface area contributed by atoms with Gasteiger partial charge in [0, 0.05) is 38.0 Å². The van der Waals surface area contributed by atoms with E-state index in [1.807, 2.05) is 61.5 Å². The molecule has 3 rings (SSSR count). The number of halogens is 1. The molecule has 7 nitrogen and oxygen atoms in total. The standard InChI is InChI=1S/C29H34ClN3O4S/c1-22-10-7-8-13-26(22)33(38(3,36)37)19-9-14-28(34)32(21-24-15-17-25(30)18-16-24)27(29(35)31-2)20-23-11-5-4-6-12-23/h4-8,10-13,15-18,27H,9,14,19-21H2,1-3H3,(H,31,35)/t27-/m0/s1. The molecule has 0 fully saturated rings. The summed E-state index contributed by atoms with van der Waals surface area (Å²) in [5, 5.41) is 3.28. The number of amides is 2. The van der Waals surface area contributed by atoms with E-state index < -0.39 is 16.1 Å². The summed E-state index contributed by atoms with van der Waals surface area (Å²) in [5.41, 5.74) is 3.18.